The molecule has 92 valence electrons. The molecule has 0 spiro atoms. The van der Waals surface area contributed by atoms with E-state index in [0.29, 0.717) is 18.7 Å². The molecule has 17 heavy (non-hydrogen) atoms. The predicted molar refractivity (Wildman–Crippen MR) is 72.9 cm³/mol. The van der Waals surface area contributed by atoms with E-state index >= 15 is 0 Å². The van der Waals surface area contributed by atoms with Crippen LogP contribution in [0.1, 0.15) is 5.69 Å². The van der Waals surface area contributed by atoms with Gasteiger partial charge in [-0.2, -0.15) is 11.8 Å². The van der Waals surface area contributed by atoms with Crippen molar-refractivity contribution < 1.29 is 4.79 Å². The molecule has 0 atom stereocenters. The first-order chi connectivity index (χ1) is 8.22. The summed E-state index contributed by atoms with van der Waals surface area (Å²) in [6.07, 6.45) is 3.71. The Hall–Kier alpha value is -1.49. The number of amides is 1. The average molecular weight is 251 g/mol. The summed E-state index contributed by atoms with van der Waals surface area (Å²) in [5.74, 6) is 1.80. The smallest absolute Gasteiger partial charge is 0.226 e. The van der Waals surface area contributed by atoms with Crippen molar-refractivity contribution >= 4 is 23.4 Å². The Kier molecular flexibility index (Phi) is 6.17. The molecule has 0 aliphatic rings. The summed E-state index contributed by atoms with van der Waals surface area (Å²) in [7, 11) is 0. The summed E-state index contributed by atoms with van der Waals surface area (Å²) in [6, 6.07) is 3.51. The molecule has 1 rings (SSSR count). The molecule has 1 amide bonds. The first-order valence-electron chi connectivity index (χ1n) is 5.38. The molecular formula is C12H17N3OS. The van der Waals surface area contributed by atoms with Crippen LogP contribution in [0.15, 0.2) is 31.0 Å². The SMILES string of the molecule is C=CCSCCNC(=O)Cc1ccc(N)cn1. The van der Waals surface area contributed by atoms with Crippen LogP contribution >= 0.6 is 11.8 Å². The molecule has 4 nitrogen and oxygen atoms in total. The van der Waals surface area contributed by atoms with Gasteiger partial charge in [-0.15, -0.1) is 6.58 Å². The molecule has 1 heterocycles. The fourth-order valence-corrected chi connectivity index (χ4v) is 1.78. The predicted octanol–water partition coefficient (Wildman–Crippen LogP) is 1.24. The number of rotatable bonds is 7. The van der Waals surface area contributed by atoms with Crippen LogP contribution in [0.4, 0.5) is 5.69 Å². The maximum Gasteiger partial charge on any atom is 0.226 e. The van der Waals surface area contributed by atoms with E-state index in [9.17, 15) is 4.79 Å². The van der Waals surface area contributed by atoms with Gasteiger partial charge >= 0.3 is 0 Å². The number of nitrogens with one attached hydrogen (secondary N) is 1. The number of aromatic nitrogens is 1. The van der Waals surface area contributed by atoms with Gasteiger partial charge < -0.3 is 11.1 Å². The summed E-state index contributed by atoms with van der Waals surface area (Å²) in [4.78, 5) is 15.6. The van der Waals surface area contributed by atoms with Crippen LogP contribution < -0.4 is 11.1 Å². The van der Waals surface area contributed by atoms with Crippen molar-refractivity contribution in [3.63, 3.8) is 0 Å². The minimum atomic E-state index is -0.0125. The second kappa shape index (κ2) is 7.73. The molecule has 0 aliphatic carbocycles. The van der Waals surface area contributed by atoms with Crippen LogP contribution in [0.25, 0.3) is 0 Å². The fourth-order valence-electron chi connectivity index (χ4n) is 1.20. The van der Waals surface area contributed by atoms with Crippen molar-refractivity contribution in [3.8, 4) is 0 Å². The zero-order chi connectivity index (χ0) is 12.5. The minimum Gasteiger partial charge on any atom is -0.397 e. The van der Waals surface area contributed by atoms with E-state index < -0.39 is 0 Å². The Labute approximate surface area is 106 Å². The van der Waals surface area contributed by atoms with E-state index in [0.717, 1.165) is 17.2 Å². The molecule has 1 aromatic heterocycles. The number of nitrogen functional groups attached to an aromatic ring is 1. The van der Waals surface area contributed by atoms with E-state index in [2.05, 4.69) is 16.9 Å². The zero-order valence-corrected chi connectivity index (χ0v) is 10.5. The van der Waals surface area contributed by atoms with Crippen molar-refractivity contribution in [3.05, 3.63) is 36.7 Å². The van der Waals surface area contributed by atoms with Crippen LogP contribution in [-0.2, 0) is 11.2 Å². The molecule has 0 saturated carbocycles. The maximum absolute atomic E-state index is 11.5. The highest BCUT2D eigenvalue weighted by Crippen LogP contribution is 2.02. The molecule has 5 heteroatoms. The Morgan fingerprint density at radius 3 is 3.06 bits per heavy atom. The number of carbonyl (C=O) groups excluding carboxylic acids is 1. The van der Waals surface area contributed by atoms with E-state index in [1.807, 2.05) is 6.08 Å². The van der Waals surface area contributed by atoms with E-state index in [-0.39, 0.29) is 5.91 Å². The zero-order valence-electron chi connectivity index (χ0n) is 9.69. The van der Waals surface area contributed by atoms with Gasteiger partial charge in [0.05, 0.1) is 18.3 Å². The van der Waals surface area contributed by atoms with Crippen molar-refractivity contribution in [1.82, 2.24) is 10.3 Å². The second-order valence-corrected chi connectivity index (χ2v) is 4.62. The Balaban J connectivity index is 2.20. The van der Waals surface area contributed by atoms with Gasteiger partial charge in [-0.3, -0.25) is 9.78 Å². The monoisotopic (exact) mass is 251 g/mol. The van der Waals surface area contributed by atoms with Gasteiger partial charge in [0.15, 0.2) is 0 Å². The van der Waals surface area contributed by atoms with Crippen LogP contribution in [-0.4, -0.2) is 28.9 Å². The van der Waals surface area contributed by atoms with Gasteiger partial charge in [-0.05, 0) is 12.1 Å². The fraction of sp³-hybridized carbons (Fsp3) is 0.333. The van der Waals surface area contributed by atoms with Crippen LogP contribution in [0.5, 0.6) is 0 Å². The summed E-state index contributed by atoms with van der Waals surface area (Å²) >= 11 is 1.74. The number of anilines is 1. The lowest BCUT2D eigenvalue weighted by Crippen LogP contribution is -2.27. The molecule has 0 aliphatic heterocycles. The number of nitrogens with zero attached hydrogens (tertiary/aromatic N) is 1. The quantitative estimate of drug-likeness (QED) is 0.565. The van der Waals surface area contributed by atoms with Crippen molar-refractivity contribution in [2.45, 2.75) is 6.42 Å². The number of hydrogen-bond donors (Lipinski definition) is 2. The molecule has 0 radical (unpaired) electrons. The molecule has 1 aromatic rings. The summed E-state index contributed by atoms with van der Waals surface area (Å²) in [5.41, 5.74) is 6.85. The highest BCUT2D eigenvalue weighted by Gasteiger charge is 2.03. The highest BCUT2D eigenvalue weighted by molar-refractivity contribution is 7.99. The maximum atomic E-state index is 11.5. The second-order valence-electron chi connectivity index (χ2n) is 3.47. The Morgan fingerprint density at radius 1 is 1.59 bits per heavy atom. The molecule has 0 bridgehead atoms. The summed E-state index contributed by atoms with van der Waals surface area (Å²) in [6.45, 7) is 4.30. The standard InChI is InChI=1S/C12H17N3OS/c1-2-6-17-7-5-14-12(16)8-11-4-3-10(13)9-15-11/h2-4,9H,1,5-8,13H2,(H,14,16). The lowest BCUT2D eigenvalue weighted by atomic mass is 10.2. The van der Waals surface area contributed by atoms with Gasteiger partial charge in [0.25, 0.3) is 0 Å². The largest absolute Gasteiger partial charge is 0.397 e. The third-order valence-electron chi connectivity index (χ3n) is 1.99. The number of carbonyl (C=O) groups is 1. The van der Waals surface area contributed by atoms with Crippen molar-refractivity contribution in [2.24, 2.45) is 0 Å². The van der Waals surface area contributed by atoms with Crippen molar-refractivity contribution in [1.29, 1.82) is 0 Å². The molecule has 0 fully saturated rings. The van der Waals surface area contributed by atoms with Crippen molar-refractivity contribution in [2.75, 3.05) is 23.8 Å². The molecule has 0 unspecified atom stereocenters. The lowest BCUT2D eigenvalue weighted by molar-refractivity contribution is -0.120. The van der Waals surface area contributed by atoms with E-state index in [4.69, 9.17) is 5.73 Å². The molecule has 0 aromatic carbocycles. The van der Waals surface area contributed by atoms with E-state index in [1.54, 1.807) is 30.1 Å². The van der Waals surface area contributed by atoms with Gasteiger partial charge in [-0.25, -0.2) is 0 Å². The first-order valence-corrected chi connectivity index (χ1v) is 6.53. The van der Waals surface area contributed by atoms with Gasteiger partial charge in [-0.1, -0.05) is 6.08 Å². The van der Waals surface area contributed by atoms with Crippen LogP contribution in [0.3, 0.4) is 0 Å². The van der Waals surface area contributed by atoms with Crippen LogP contribution in [0.2, 0.25) is 0 Å². The normalized spacial score (nSPS) is 9.88. The summed E-state index contributed by atoms with van der Waals surface area (Å²) in [5, 5.41) is 2.84. The Bertz CT molecular complexity index is 365. The number of pyridine rings is 1. The topological polar surface area (TPSA) is 68.0 Å². The van der Waals surface area contributed by atoms with Crippen LogP contribution in [0, 0.1) is 0 Å². The lowest BCUT2D eigenvalue weighted by Gasteiger charge is -2.04. The highest BCUT2D eigenvalue weighted by atomic mass is 32.2. The Morgan fingerprint density at radius 2 is 2.41 bits per heavy atom. The molecule has 0 saturated heterocycles. The van der Waals surface area contributed by atoms with Gasteiger partial charge in [0.1, 0.15) is 0 Å². The average Bonchev–Trinajstić information content (AvgIpc) is 2.32. The minimum absolute atomic E-state index is 0.0125. The third kappa shape index (κ3) is 5.97. The molecule has 3 N–H and O–H groups in total. The third-order valence-corrected chi connectivity index (χ3v) is 2.96. The first kappa shape index (κ1) is 13.6. The molecular weight excluding hydrogens is 234 g/mol. The van der Waals surface area contributed by atoms with Gasteiger partial charge in [0.2, 0.25) is 5.91 Å². The van der Waals surface area contributed by atoms with E-state index in [1.165, 1.54) is 0 Å². The number of nitrogens with two attached hydrogens (primary N) is 1. The number of hydrogen-bond acceptors (Lipinski definition) is 4. The number of thioether (sulfide) groups is 1. The van der Waals surface area contributed by atoms with Gasteiger partial charge in [0, 0.05) is 23.7 Å². The summed E-state index contributed by atoms with van der Waals surface area (Å²) < 4.78 is 0.